The average Bonchev–Trinajstić information content (AvgIpc) is 2.33. The summed E-state index contributed by atoms with van der Waals surface area (Å²) in [7, 11) is -4.64. The molecule has 0 spiro atoms. The molecule has 0 heterocycles. The number of hydrogen-bond acceptors (Lipinski definition) is 2. The summed E-state index contributed by atoms with van der Waals surface area (Å²) in [5.74, 6) is -0.657. The normalized spacial score (nSPS) is 10.4. The molecule has 0 unspecified atom stereocenters. The molecule has 22 heavy (non-hydrogen) atoms. The van der Waals surface area contributed by atoms with Crippen LogP contribution >= 0.6 is 7.82 Å². The van der Waals surface area contributed by atoms with E-state index in [1.807, 2.05) is 0 Å². The van der Waals surface area contributed by atoms with Gasteiger partial charge in [0.2, 0.25) is 0 Å². The number of carbonyl (C=O) groups is 1. The van der Waals surface area contributed by atoms with Gasteiger partial charge < -0.3 is 19.8 Å². The Bertz CT molecular complexity index is 274. The first-order chi connectivity index (χ1) is 9.77. The molecule has 0 atom stereocenters. The van der Waals surface area contributed by atoms with Gasteiger partial charge in [0.05, 0.1) is 0 Å². The van der Waals surface area contributed by atoms with Crippen LogP contribution in [0.25, 0.3) is 0 Å². The van der Waals surface area contributed by atoms with Gasteiger partial charge in [0.1, 0.15) is 0 Å². The summed E-state index contributed by atoms with van der Waals surface area (Å²) < 4.78 is 8.88. The Morgan fingerprint density at radius 1 is 0.773 bits per heavy atom. The van der Waals surface area contributed by atoms with Gasteiger partial charge in [-0.2, -0.15) is 0 Å². The fourth-order valence-electron chi connectivity index (χ4n) is 1.94. The van der Waals surface area contributed by atoms with Crippen LogP contribution in [0.1, 0.15) is 84.0 Å². The number of rotatable bonds is 12. The van der Waals surface area contributed by atoms with Gasteiger partial charge in [-0.15, -0.1) is 0 Å². The van der Waals surface area contributed by atoms with E-state index in [0.717, 1.165) is 12.8 Å². The number of unbranched alkanes of at least 4 members (excludes halogenated alkanes) is 10. The molecule has 0 bridgehead atoms. The molecule has 8 heteroatoms. The topological polar surface area (TPSA) is 115 Å². The molecule has 0 fully saturated rings. The van der Waals surface area contributed by atoms with E-state index in [0.29, 0.717) is 6.42 Å². The van der Waals surface area contributed by atoms with E-state index in [9.17, 15) is 4.79 Å². The molecule has 0 aliphatic rings. The number of phosphoric acid groups is 1. The molecule has 6 nitrogen and oxygen atoms in total. The predicted octanol–water partition coefficient (Wildman–Crippen LogP) is 3.20. The predicted molar refractivity (Wildman–Crippen MR) is 90.1 cm³/mol. The van der Waals surface area contributed by atoms with Gasteiger partial charge in [0, 0.05) is 6.42 Å². The van der Waals surface area contributed by atoms with Gasteiger partial charge in [-0.1, -0.05) is 71.1 Å². The summed E-state index contributed by atoms with van der Waals surface area (Å²) in [5, 5.41) is 8.46. The van der Waals surface area contributed by atoms with Crippen LogP contribution in [-0.2, 0) is 9.36 Å². The van der Waals surface area contributed by atoms with Crippen LogP contribution in [0.3, 0.4) is 0 Å². The Labute approximate surface area is 156 Å². The van der Waals surface area contributed by atoms with Gasteiger partial charge in [-0.3, -0.25) is 4.79 Å². The zero-order valence-corrected chi connectivity index (χ0v) is 13.9. The second-order valence-electron chi connectivity index (χ2n) is 5.19. The molecule has 0 aromatic carbocycles. The zero-order valence-electron chi connectivity index (χ0n) is 13.0. The minimum atomic E-state index is -4.64. The van der Waals surface area contributed by atoms with Crippen LogP contribution in [0.5, 0.6) is 0 Å². The third kappa shape index (κ3) is 42.8. The summed E-state index contributed by atoms with van der Waals surface area (Å²) in [4.78, 5) is 31.8. The van der Waals surface area contributed by atoms with Crippen molar-refractivity contribution < 1.29 is 29.1 Å². The van der Waals surface area contributed by atoms with Gasteiger partial charge in [-0.25, -0.2) is 4.57 Å². The second kappa shape index (κ2) is 19.6. The molecule has 0 saturated heterocycles. The van der Waals surface area contributed by atoms with Crippen molar-refractivity contribution in [3.8, 4) is 0 Å². The van der Waals surface area contributed by atoms with Crippen LogP contribution in [0.4, 0.5) is 0 Å². The van der Waals surface area contributed by atoms with Crippen molar-refractivity contribution in [3.05, 3.63) is 0 Å². The second-order valence-corrected chi connectivity index (χ2v) is 6.22. The van der Waals surface area contributed by atoms with E-state index in [2.05, 4.69) is 6.92 Å². The van der Waals surface area contributed by atoms with E-state index in [1.54, 1.807) is 0 Å². The van der Waals surface area contributed by atoms with Crippen LogP contribution in [-0.4, -0.2) is 55.3 Å². The molecular formula is C14H32NaO6P. The van der Waals surface area contributed by atoms with Crippen molar-refractivity contribution in [2.24, 2.45) is 0 Å². The van der Waals surface area contributed by atoms with Crippen LogP contribution < -0.4 is 0 Å². The van der Waals surface area contributed by atoms with Crippen LogP contribution in [0.15, 0.2) is 0 Å². The number of hydrogen-bond donors (Lipinski definition) is 4. The first-order valence-corrected chi connectivity index (χ1v) is 9.34. The summed E-state index contributed by atoms with van der Waals surface area (Å²) in [6.07, 6.45) is 14.4. The first kappa shape index (κ1) is 27.4. The molecule has 0 radical (unpaired) electrons. The van der Waals surface area contributed by atoms with Crippen molar-refractivity contribution in [2.45, 2.75) is 84.0 Å². The standard InChI is InChI=1S/C14H28O2.Na.H3O4P.H/c1-2-3-4-5-6-7-8-9-10-11-12-13-14(15)16;;1-5(2,3)4;/h2-13H2,1H3,(H,15,16);;(H3,1,2,3,4);. The molecule has 0 rings (SSSR count). The Morgan fingerprint density at radius 3 is 1.32 bits per heavy atom. The molecule has 0 aliphatic carbocycles. The number of carboxylic acids is 1. The zero-order chi connectivity index (χ0) is 16.6. The molecule has 0 aliphatic heterocycles. The van der Waals surface area contributed by atoms with E-state index in [1.165, 1.54) is 57.8 Å². The molecule has 0 saturated carbocycles. The third-order valence-corrected chi connectivity index (χ3v) is 2.99. The maximum atomic E-state index is 10.3. The van der Waals surface area contributed by atoms with Crippen molar-refractivity contribution >= 4 is 43.3 Å². The molecule has 130 valence electrons. The average molecular weight is 350 g/mol. The Morgan fingerprint density at radius 2 is 1.05 bits per heavy atom. The maximum absolute atomic E-state index is 10.3. The van der Waals surface area contributed by atoms with Crippen molar-refractivity contribution in [1.29, 1.82) is 0 Å². The van der Waals surface area contributed by atoms with E-state index in [-0.39, 0.29) is 29.6 Å². The molecule has 0 amide bonds. The van der Waals surface area contributed by atoms with Crippen LogP contribution in [0, 0.1) is 0 Å². The number of aliphatic carboxylic acids is 1. The van der Waals surface area contributed by atoms with Gasteiger partial charge in [-0.05, 0) is 6.42 Å². The van der Waals surface area contributed by atoms with Crippen molar-refractivity contribution in [1.82, 2.24) is 0 Å². The van der Waals surface area contributed by atoms with Crippen molar-refractivity contribution in [3.63, 3.8) is 0 Å². The van der Waals surface area contributed by atoms with E-state index in [4.69, 9.17) is 24.4 Å². The summed E-state index contributed by atoms with van der Waals surface area (Å²) >= 11 is 0. The summed E-state index contributed by atoms with van der Waals surface area (Å²) in [5.41, 5.74) is 0. The summed E-state index contributed by atoms with van der Waals surface area (Å²) in [6.45, 7) is 2.25. The first-order valence-electron chi connectivity index (χ1n) is 7.77. The quantitative estimate of drug-likeness (QED) is 0.244. The monoisotopic (exact) mass is 350 g/mol. The molecule has 0 aromatic rings. The summed E-state index contributed by atoms with van der Waals surface area (Å²) in [6, 6.07) is 0. The molecule has 0 aromatic heterocycles. The fraction of sp³-hybridized carbons (Fsp3) is 0.929. The van der Waals surface area contributed by atoms with E-state index < -0.39 is 13.8 Å². The molecule has 4 N–H and O–H groups in total. The van der Waals surface area contributed by atoms with Crippen molar-refractivity contribution in [2.75, 3.05) is 0 Å². The SMILES string of the molecule is CCCCCCCCCCCCCC(=O)O.O=P(O)(O)O.[NaH]. The Balaban J connectivity index is -0.000000520. The third-order valence-electron chi connectivity index (χ3n) is 2.99. The van der Waals surface area contributed by atoms with Gasteiger partial charge >= 0.3 is 43.3 Å². The minimum absolute atomic E-state index is 0. The Kier molecular flexibility index (Phi) is 24.5. The van der Waals surface area contributed by atoms with Gasteiger partial charge in [0.25, 0.3) is 0 Å². The van der Waals surface area contributed by atoms with Gasteiger partial charge in [0.15, 0.2) is 0 Å². The number of carboxylic acid groups (broad SMARTS) is 1. The fourth-order valence-corrected chi connectivity index (χ4v) is 1.94. The van der Waals surface area contributed by atoms with E-state index >= 15 is 0 Å². The van der Waals surface area contributed by atoms with Crippen LogP contribution in [0.2, 0.25) is 0 Å². The molecular weight excluding hydrogens is 318 g/mol. The Hall–Kier alpha value is 0.580.